The SMILES string of the molecule is Cc1cc(Br)c(F)cc1NCC(=O)N1CCCCCC1. The Balaban J connectivity index is 1.94. The van der Waals surface area contributed by atoms with Gasteiger partial charge in [-0.25, -0.2) is 4.39 Å². The van der Waals surface area contributed by atoms with Gasteiger partial charge < -0.3 is 10.2 Å². The number of aryl methyl sites for hydroxylation is 1. The van der Waals surface area contributed by atoms with Crippen LogP contribution in [0.1, 0.15) is 31.2 Å². The van der Waals surface area contributed by atoms with Crippen LogP contribution >= 0.6 is 15.9 Å². The summed E-state index contributed by atoms with van der Waals surface area (Å²) in [6, 6.07) is 3.14. The van der Waals surface area contributed by atoms with E-state index in [1.807, 2.05) is 11.8 Å². The fourth-order valence-corrected chi connectivity index (χ4v) is 2.90. The third-order valence-corrected chi connectivity index (χ3v) is 4.26. The Bertz CT molecular complexity index is 485. The van der Waals surface area contributed by atoms with Crippen molar-refractivity contribution >= 4 is 27.5 Å². The van der Waals surface area contributed by atoms with Crippen LogP contribution in [0, 0.1) is 12.7 Å². The lowest BCUT2D eigenvalue weighted by atomic mass is 10.2. The van der Waals surface area contributed by atoms with E-state index in [2.05, 4.69) is 21.2 Å². The quantitative estimate of drug-likeness (QED) is 0.907. The number of nitrogens with zero attached hydrogens (tertiary/aromatic N) is 1. The molecule has 1 aliphatic heterocycles. The van der Waals surface area contributed by atoms with Crippen molar-refractivity contribution in [2.45, 2.75) is 32.6 Å². The third-order valence-electron chi connectivity index (χ3n) is 3.66. The summed E-state index contributed by atoms with van der Waals surface area (Å²) < 4.78 is 14.0. The average molecular weight is 343 g/mol. The van der Waals surface area contributed by atoms with Crippen LogP contribution in [0.5, 0.6) is 0 Å². The highest BCUT2D eigenvalue weighted by Crippen LogP contribution is 2.23. The molecule has 20 heavy (non-hydrogen) atoms. The van der Waals surface area contributed by atoms with Gasteiger partial charge in [0.05, 0.1) is 11.0 Å². The first-order chi connectivity index (χ1) is 9.58. The lowest BCUT2D eigenvalue weighted by Gasteiger charge is -2.21. The smallest absolute Gasteiger partial charge is 0.241 e. The van der Waals surface area contributed by atoms with Crippen LogP contribution in [-0.2, 0) is 4.79 Å². The predicted octanol–water partition coefficient (Wildman–Crippen LogP) is 3.71. The standard InChI is InChI=1S/C15H20BrFN2O/c1-11-8-12(16)13(17)9-14(11)18-10-15(20)19-6-4-2-3-5-7-19/h8-9,18H,2-7,10H2,1H3. The molecule has 0 spiro atoms. The summed E-state index contributed by atoms with van der Waals surface area (Å²) in [5.41, 5.74) is 1.59. The van der Waals surface area contributed by atoms with Crippen molar-refractivity contribution in [3.8, 4) is 0 Å². The second-order valence-electron chi connectivity index (χ2n) is 5.23. The second-order valence-corrected chi connectivity index (χ2v) is 6.08. The minimum Gasteiger partial charge on any atom is -0.376 e. The number of rotatable bonds is 3. The second kappa shape index (κ2) is 7.07. The maximum atomic E-state index is 13.5. The first-order valence-corrected chi connectivity index (χ1v) is 7.84. The summed E-state index contributed by atoms with van der Waals surface area (Å²) in [4.78, 5) is 14.1. The maximum Gasteiger partial charge on any atom is 0.241 e. The van der Waals surface area contributed by atoms with Crippen molar-refractivity contribution in [3.05, 3.63) is 28.0 Å². The zero-order valence-corrected chi connectivity index (χ0v) is 13.3. The van der Waals surface area contributed by atoms with Crippen LogP contribution in [0.3, 0.4) is 0 Å². The van der Waals surface area contributed by atoms with E-state index in [1.54, 1.807) is 6.07 Å². The molecular formula is C15H20BrFN2O. The van der Waals surface area contributed by atoms with Crippen LogP contribution in [0.4, 0.5) is 10.1 Å². The minimum atomic E-state index is -0.319. The molecule has 1 fully saturated rings. The molecule has 2 rings (SSSR count). The Labute approximate surface area is 127 Å². The molecule has 0 unspecified atom stereocenters. The van der Waals surface area contributed by atoms with Gasteiger partial charge in [0.1, 0.15) is 5.82 Å². The molecule has 0 atom stereocenters. The first-order valence-electron chi connectivity index (χ1n) is 7.05. The Morgan fingerprint density at radius 1 is 1.30 bits per heavy atom. The van der Waals surface area contributed by atoms with Crippen molar-refractivity contribution in [2.24, 2.45) is 0 Å². The molecule has 1 aromatic rings. The van der Waals surface area contributed by atoms with E-state index in [0.717, 1.165) is 31.5 Å². The molecule has 5 heteroatoms. The highest BCUT2D eigenvalue weighted by molar-refractivity contribution is 9.10. The summed E-state index contributed by atoms with van der Waals surface area (Å²) in [5.74, 6) is -0.227. The van der Waals surface area contributed by atoms with Crippen molar-refractivity contribution in [1.29, 1.82) is 0 Å². The first kappa shape index (κ1) is 15.3. The molecule has 110 valence electrons. The molecule has 3 nitrogen and oxygen atoms in total. The van der Waals surface area contributed by atoms with Gasteiger partial charge >= 0.3 is 0 Å². The summed E-state index contributed by atoms with van der Waals surface area (Å²) in [7, 11) is 0. The molecule has 0 radical (unpaired) electrons. The van der Waals surface area contributed by atoms with E-state index in [0.29, 0.717) is 10.2 Å². The number of benzene rings is 1. The molecule has 1 saturated heterocycles. The van der Waals surface area contributed by atoms with E-state index in [4.69, 9.17) is 0 Å². The normalized spacial score (nSPS) is 15.8. The fourth-order valence-electron chi connectivity index (χ4n) is 2.44. The third kappa shape index (κ3) is 3.95. The van der Waals surface area contributed by atoms with Crippen LogP contribution in [-0.4, -0.2) is 30.4 Å². The number of nitrogens with one attached hydrogen (secondary N) is 1. The van der Waals surface area contributed by atoms with Crippen molar-refractivity contribution in [2.75, 3.05) is 25.0 Å². The molecule has 0 bridgehead atoms. The van der Waals surface area contributed by atoms with Crippen LogP contribution in [0.15, 0.2) is 16.6 Å². The summed E-state index contributed by atoms with van der Waals surface area (Å²) >= 11 is 3.15. The number of carbonyl (C=O) groups is 1. The van der Waals surface area contributed by atoms with Gasteiger partial charge in [0, 0.05) is 18.8 Å². The summed E-state index contributed by atoms with van der Waals surface area (Å²) in [5, 5.41) is 3.05. The molecule has 1 heterocycles. The molecule has 0 aliphatic carbocycles. The average Bonchev–Trinajstić information content (AvgIpc) is 2.70. The molecule has 0 saturated carbocycles. The molecule has 1 amide bonds. The van der Waals surface area contributed by atoms with E-state index < -0.39 is 0 Å². The number of amides is 1. The lowest BCUT2D eigenvalue weighted by molar-refractivity contribution is -0.129. The highest BCUT2D eigenvalue weighted by Gasteiger charge is 2.15. The van der Waals surface area contributed by atoms with Gasteiger partial charge in [-0.05, 0) is 53.4 Å². The Hall–Kier alpha value is -1.10. The van der Waals surface area contributed by atoms with E-state index in [-0.39, 0.29) is 18.3 Å². The summed E-state index contributed by atoms with van der Waals surface area (Å²) in [6.07, 6.45) is 4.57. The number of carbonyl (C=O) groups excluding carboxylic acids is 1. The van der Waals surface area contributed by atoms with E-state index >= 15 is 0 Å². The number of halogens is 2. The highest BCUT2D eigenvalue weighted by atomic mass is 79.9. The van der Waals surface area contributed by atoms with Crippen molar-refractivity contribution < 1.29 is 9.18 Å². The fraction of sp³-hybridized carbons (Fsp3) is 0.533. The largest absolute Gasteiger partial charge is 0.376 e. The van der Waals surface area contributed by atoms with Crippen molar-refractivity contribution in [3.63, 3.8) is 0 Å². The van der Waals surface area contributed by atoms with Crippen LogP contribution in [0.25, 0.3) is 0 Å². The topological polar surface area (TPSA) is 32.3 Å². The number of anilines is 1. The predicted molar refractivity (Wildman–Crippen MR) is 82.4 cm³/mol. The molecular weight excluding hydrogens is 323 g/mol. The molecule has 1 N–H and O–H groups in total. The monoisotopic (exact) mass is 342 g/mol. The Morgan fingerprint density at radius 2 is 1.95 bits per heavy atom. The minimum absolute atomic E-state index is 0.0922. The van der Waals surface area contributed by atoms with Gasteiger partial charge in [-0.2, -0.15) is 0 Å². The van der Waals surface area contributed by atoms with Gasteiger partial charge in [-0.1, -0.05) is 12.8 Å². The van der Waals surface area contributed by atoms with Gasteiger partial charge in [0.15, 0.2) is 0 Å². The van der Waals surface area contributed by atoms with Gasteiger partial charge in [0.2, 0.25) is 5.91 Å². The Kier molecular flexibility index (Phi) is 5.40. The maximum absolute atomic E-state index is 13.5. The molecule has 0 aromatic heterocycles. The zero-order valence-electron chi connectivity index (χ0n) is 11.7. The van der Waals surface area contributed by atoms with E-state index in [9.17, 15) is 9.18 Å². The van der Waals surface area contributed by atoms with Gasteiger partial charge in [0.25, 0.3) is 0 Å². The zero-order chi connectivity index (χ0) is 14.5. The van der Waals surface area contributed by atoms with Gasteiger partial charge in [-0.3, -0.25) is 4.79 Å². The molecule has 1 aliphatic rings. The number of hydrogen-bond donors (Lipinski definition) is 1. The van der Waals surface area contributed by atoms with Crippen LogP contribution in [0.2, 0.25) is 0 Å². The van der Waals surface area contributed by atoms with Crippen molar-refractivity contribution in [1.82, 2.24) is 4.90 Å². The number of hydrogen-bond acceptors (Lipinski definition) is 2. The molecule has 1 aromatic carbocycles. The number of likely N-dealkylation sites (tertiary alicyclic amines) is 1. The van der Waals surface area contributed by atoms with E-state index in [1.165, 1.54) is 18.9 Å². The Morgan fingerprint density at radius 3 is 2.60 bits per heavy atom. The summed E-state index contributed by atoms with van der Waals surface area (Å²) in [6.45, 7) is 3.80. The van der Waals surface area contributed by atoms with Gasteiger partial charge in [-0.15, -0.1) is 0 Å². The van der Waals surface area contributed by atoms with Crippen LogP contribution < -0.4 is 5.32 Å². The lowest BCUT2D eigenvalue weighted by Crippen LogP contribution is -2.36.